The van der Waals surface area contributed by atoms with Crippen LogP contribution in [-0.2, 0) is 6.18 Å². The molecule has 3 N–H and O–H groups in total. The smallest absolute Gasteiger partial charge is 0.383 e. The van der Waals surface area contributed by atoms with Crippen molar-refractivity contribution in [1.29, 1.82) is 0 Å². The van der Waals surface area contributed by atoms with Crippen LogP contribution in [0.25, 0.3) is 0 Å². The van der Waals surface area contributed by atoms with E-state index >= 15 is 0 Å². The minimum absolute atomic E-state index is 0.00984. The second kappa shape index (κ2) is 5.35. The molecule has 0 aliphatic carbocycles. The van der Waals surface area contributed by atoms with Gasteiger partial charge in [0.1, 0.15) is 6.17 Å². The molecule has 1 atom stereocenters. The Morgan fingerprint density at radius 2 is 2.00 bits per heavy atom. The van der Waals surface area contributed by atoms with E-state index in [1.54, 1.807) is 0 Å². The summed E-state index contributed by atoms with van der Waals surface area (Å²) in [5.74, 6) is 0. The molecule has 0 heterocycles. The van der Waals surface area contributed by atoms with Crippen molar-refractivity contribution in [2.24, 2.45) is 5.73 Å². The lowest BCUT2D eigenvalue weighted by atomic mass is 10.1. The Bertz CT molecular complexity index is 374. The molecule has 0 spiro atoms. The first-order valence-corrected chi connectivity index (χ1v) is 5.15. The molecule has 6 heteroatoms. The van der Waals surface area contributed by atoms with Crippen molar-refractivity contribution < 1.29 is 17.6 Å². The number of hydrogen-bond acceptors (Lipinski definition) is 2. The van der Waals surface area contributed by atoms with Crippen molar-refractivity contribution in [3.63, 3.8) is 0 Å². The highest BCUT2D eigenvalue weighted by molar-refractivity contribution is 5.54. The van der Waals surface area contributed by atoms with Gasteiger partial charge in [0.2, 0.25) is 0 Å². The molecule has 2 nitrogen and oxygen atoms in total. The summed E-state index contributed by atoms with van der Waals surface area (Å²) in [6, 6.07) is 3.38. The molecule has 0 saturated carbocycles. The fraction of sp³-hybridized carbons (Fsp3) is 0.455. The highest BCUT2D eigenvalue weighted by atomic mass is 19.4. The fourth-order valence-electron chi connectivity index (χ4n) is 1.40. The third kappa shape index (κ3) is 3.59. The maximum atomic E-state index is 13.0. The molecule has 1 aromatic carbocycles. The standard InChI is InChI=1S/C11H14F4N2/c1-7(12)8-2-3-10(17-5-4-16)9(6-8)11(13,14)15/h2-3,6-7,17H,4-5,16H2,1H3. The van der Waals surface area contributed by atoms with Gasteiger partial charge in [-0.1, -0.05) is 6.07 Å². The Morgan fingerprint density at radius 3 is 2.47 bits per heavy atom. The minimum atomic E-state index is -4.51. The number of benzene rings is 1. The summed E-state index contributed by atoms with van der Waals surface area (Å²) < 4.78 is 51.2. The molecule has 0 amide bonds. The van der Waals surface area contributed by atoms with Crippen LogP contribution in [0.15, 0.2) is 18.2 Å². The second-order valence-electron chi connectivity index (χ2n) is 3.63. The van der Waals surface area contributed by atoms with Gasteiger partial charge in [-0.05, 0) is 24.6 Å². The van der Waals surface area contributed by atoms with Crippen LogP contribution in [0.5, 0.6) is 0 Å². The quantitative estimate of drug-likeness (QED) is 0.806. The highest BCUT2D eigenvalue weighted by Gasteiger charge is 2.34. The molecule has 96 valence electrons. The van der Waals surface area contributed by atoms with Gasteiger partial charge in [-0.3, -0.25) is 0 Å². The fourth-order valence-corrected chi connectivity index (χ4v) is 1.40. The molecule has 0 bridgehead atoms. The zero-order valence-electron chi connectivity index (χ0n) is 9.31. The van der Waals surface area contributed by atoms with E-state index in [1.165, 1.54) is 19.1 Å². The first-order chi connectivity index (χ1) is 7.86. The molecule has 0 aromatic heterocycles. The van der Waals surface area contributed by atoms with E-state index in [4.69, 9.17) is 5.73 Å². The summed E-state index contributed by atoms with van der Waals surface area (Å²) in [7, 11) is 0. The van der Waals surface area contributed by atoms with Gasteiger partial charge in [-0.25, -0.2) is 4.39 Å². The van der Waals surface area contributed by atoms with E-state index < -0.39 is 17.9 Å². The lowest BCUT2D eigenvalue weighted by molar-refractivity contribution is -0.137. The van der Waals surface area contributed by atoms with Crippen molar-refractivity contribution in [3.05, 3.63) is 29.3 Å². The Hall–Kier alpha value is -1.30. The zero-order valence-corrected chi connectivity index (χ0v) is 9.31. The number of hydrogen-bond donors (Lipinski definition) is 2. The summed E-state index contributed by atoms with van der Waals surface area (Å²) in [5, 5.41) is 2.57. The van der Waals surface area contributed by atoms with Crippen LogP contribution in [0.1, 0.15) is 24.2 Å². The lowest BCUT2D eigenvalue weighted by Crippen LogP contribution is -2.17. The van der Waals surface area contributed by atoms with Gasteiger partial charge in [0.15, 0.2) is 0 Å². The van der Waals surface area contributed by atoms with Gasteiger partial charge < -0.3 is 11.1 Å². The Labute approximate surface area is 96.8 Å². The average molecular weight is 250 g/mol. The number of anilines is 1. The molecule has 1 unspecified atom stereocenters. The number of alkyl halides is 4. The van der Waals surface area contributed by atoms with Gasteiger partial charge in [0.25, 0.3) is 0 Å². The normalized spacial score (nSPS) is 13.5. The van der Waals surface area contributed by atoms with Crippen LogP contribution in [0, 0.1) is 0 Å². The molecular weight excluding hydrogens is 236 g/mol. The Kier molecular flexibility index (Phi) is 4.34. The predicted molar refractivity (Wildman–Crippen MR) is 58.5 cm³/mol. The SMILES string of the molecule is CC(F)c1ccc(NCCN)c(C(F)(F)F)c1. The van der Waals surface area contributed by atoms with E-state index in [-0.39, 0.29) is 24.3 Å². The topological polar surface area (TPSA) is 38.0 Å². The maximum Gasteiger partial charge on any atom is 0.418 e. The van der Waals surface area contributed by atoms with E-state index in [9.17, 15) is 17.6 Å². The summed E-state index contributed by atoms with van der Waals surface area (Å²) in [4.78, 5) is 0. The van der Waals surface area contributed by atoms with E-state index in [0.717, 1.165) is 6.07 Å². The van der Waals surface area contributed by atoms with Crippen LogP contribution >= 0.6 is 0 Å². The molecule has 0 aliphatic rings. The predicted octanol–water partition coefficient (Wildman–Crippen LogP) is 3.11. The number of rotatable bonds is 4. The van der Waals surface area contributed by atoms with Gasteiger partial charge in [0, 0.05) is 18.8 Å². The van der Waals surface area contributed by atoms with Crippen molar-refractivity contribution in [1.82, 2.24) is 0 Å². The summed E-state index contributed by atoms with van der Waals surface area (Å²) in [6.07, 6.45) is -5.94. The molecule has 0 aliphatic heterocycles. The number of nitrogens with one attached hydrogen (secondary N) is 1. The minimum Gasteiger partial charge on any atom is -0.383 e. The molecular formula is C11H14F4N2. The maximum absolute atomic E-state index is 13.0. The molecule has 17 heavy (non-hydrogen) atoms. The zero-order chi connectivity index (χ0) is 13.1. The largest absolute Gasteiger partial charge is 0.418 e. The lowest BCUT2D eigenvalue weighted by Gasteiger charge is -2.16. The van der Waals surface area contributed by atoms with Crippen LogP contribution in [0.3, 0.4) is 0 Å². The molecule has 0 radical (unpaired) electrons. The van der Waals surface area contributed by atoms with Gasteiger partial charge >= 0.3 is 6.18 Å². The first kappa shape index (κ1) is 13.8. The van der Waals surface area contributed by atoms with Crippen molar-refractivity contribution in [2.75, 3.05) is 18.4 Å². The van der Waals surface area contributed by atoms with E-state index in [1.807, 2.05) is 0 Å². The number of halogens is 4. The van der Waals surface area contributed by atoms with E-state index in [2.05, 4.69) is 5.32 Å². The Morgan fingerprint density at radius 1 is 1.35 bits per heavy atom. The average Bonchev–Trinajstić information content (AvgIpc) is 2.24. The summed E-state index contributed by atoms with van der Waals surface area (Å²) in [5.41, 5.74) is 4.28. The Balaban J connectivity index is 3.13. The third-order valence-electron chi connectivity index (χ3n) is 2.27. The third-order valence-corrected chi connectivity index (χ3v) is 2.27. The summed E-state index contributed by atoms with van der Waals surface area (Å²) >= 11 is 0. The molecule has 1 aromatic rings. The van der Waals surface area contributed by atoms with Crippen LogP contribution in [0.4, 0.5) is 23.2 Å². The van der Waals surface area contributed by atoms with Gasteiger partial charge in [-0.15, -0.1) is 0 Å². The number of nitrogens with two attached hydrogens (primary N) is 1. The monoisotopic (exact) mass is 250 g/mol. The molecule has 0 fully saturated rings. The highest BCUT2D eigenvalue weighted by Crippen LogP contribution is 2.36. The summed E-state index contributed by atoms with van der Waals surface area (Å²) in [6.45, 7) is 1.65. The van der Waals surface area contributed by atoms with Crippen LogP contribution < -0.4 is 11.1 Å². The molecule has 0 saturated heterocycles. The van der Waals surface area contributed by atoms with Gasteiger partial charge in [-0.2, -0.15) is 13.2 Å². The first-order valence-electron chi connectivity index (χ1n) is 5.15. The van der Waals surface area contributed by atoms with Crippen LogP contribution in [-0.4, -0.2) is 13.1 Å². The van der Waals surface area contributed by atoms with E-state index in [0.29, 0.717) is 0 Å². The van der Waals surface area contributed by atoms with Crippen LogP contribution in [0.2, 0.25) is 0 Å². The second-order valence-corrected chi connectivity index (χ2v) is 3.63. The van der Waals surface area contributed by atoms with Crippen molar-refractivity contribution >= 4 is 5.69 Å². The molecule has 1 rings (SSSR count). The van der Waals surface area contributed by atoms with Crippen molar-refractivity contribution in [3.8, 4) is 0 Å². The van der Waals surface area contributed by atoms with Gasteiger partial charge in [0.05, 0.1) is 5.56 Å². The van der Waals surface area contributed by atoms with Crippen molar-refractivity contribution in [2.45, 2.75) is 19.3 Å².